The van der Waals surface area contributed by atoms with Gasteiger partial charge >= 0.3 is 0 Å². The van der Waals surface area contributed by atoms with Crippen molar-refractivity contribution in [3.63, 3.8) is 0 Å². The highest BCUT2D eigenvalue weighted by atomic mass is 35.5. The maximum Gasteiger partial charge on any atom is 0.0545 e. The van der Waals surface area contributed by atoms with E-state index < -0.39 is 0 Å². The minimum atomic E-state index is 0.240. The summed E-state index contributed by atoms with van der Waals surface area (Å²) in [6.07, 6.45) is 6.36. The van der Waals surface area contributed by atoms with Crippen LogP contribution in [0.2, 0.25) is 5.02 Å². The van der Waals surface area contributed by atoms with Gasteiger partial charge in [0.15, 0.2) is 0 Å². The van der Waals surface area contributed by atoms with Crippen molar-refractivity contribution < 1.29 is 0 Å². The van der Waals surface area contributed by atoms with Crippen molar-refractivity contribution >= 4 is 23.4 Å². The van der Waals surface area contributed by atoms with Crippen molar-refractivity contribution in [2.75, 3.05) is 18.1 Å². The van der Waals surface area contributed by atoms with Crippen LogP contribution in [0.4, 0.5) is 0 Å². The fourth-order valence-electron chi connectivity index (χ4n) is 2.80. The number of fused-ring (bicyclic) bond motifs is 1. The smallest absolute Gasteiger partial charge is 0.0545 e. The number of benzene rings is 1. The first-order valence-corrected chi connectivity index (χ1v) is 8.11. The van der Waals surface area contributed by atoms with Crippen LogP contribution in [-0.4, -0.2) is 18.1 Å². The number of terminal acetylenes is 1. The molecular formula is C16H20ClNS. The maximum absolute atomic E-state index is 6.13. The first-order chi connectivity index (χ1) is 9.04. The van der Waals surface area contributed by atoms with E-state index in [1.807, 2.05) is 6.07 Å². The van der Waals surface area contributed by atoms with Crippen molar-refractivity contribution in [3.05, 3.63) is 34.3 Å². The molecule has 1 aromatic carbocycles. The molecule has 3 heteroatoms. The molecule has 0 fully saturated rings. The Bertz CT molecular complexity index is 490. The molecular weight excluding hydrogens is 274 g/mol. The summed E-state index contributed by atoms with van der Waals surface area (Å²) >= 11 is 7.93. The normalized spacial score (nSPS) is 20.0. The minimum absolute atomic E-state index is 0.240. The van der Waals surface area contributed by atoms with Crippen LogP contribution in [0.3, 0.4) is 0 Å². The topological polar surface area (TPSA) is 12.0 Å². The third kappa shape index (κ3) is 3.48. The molecule has 2 rings (SSSR count). The van der Waals surface area contributed by atoms with Crippen LogP contribution < -0.4 is 5.32 Å². The zero-order valence-corrected chi connectivity index (χ0v) is 13.1. The first-order valence-electron chi connectivity index (χ1n) is 6.57. The van der Waals surface area contributed by atoms with Gasteiger partial charge in [0, 0.05) is 23.4 Å². The highest BCUT2D eigenvalue weighted by molar-refractivity contribution is 7.99. The zero-order chi connectivity index (χ0) is 13.9. The lowest BCUT2D eigenvalue weighted by atomic mass is 9.85. The Balaban J connectivity index is 2.03. The van der Waals surface area contributed by atoms with Gasteiger partial charge in [-0.15, -0.1) is 18.2 Å². The van der Waals surface area contributed by atoms with Gasteiger partial charge in [-0.05, 0) is 35.1 Å². The molecule has 0 aromatic heterocycles. The molecule has 1 atom stereocenters. The molecule has 0 bridgehead atoms. The second-order valence-electron chi connectivity index (χ2n) is 5.65. The van der Waals surface area contributed by atoms with Crippen LogP contribution in [0.15, 0.2) is 18.2 Å². The zero-order valence-electron chi connectivity index (χ0n) is 11.5. The predicted molar refractivity (Wildman–Crippen MR) is 85.8 cm³/mol. The van der Waals surface area contributed by atoms with E-state index in [4.69, 9.17) is 18.0 Å². The second-order valence-corrected chi connectivity index (χ2v) is 7.19. The number of halogens is 1. The van der Waals surface area contributed by atoms with Crippen molar-refractivity contribution in [2.24, 2.45) is 5.41 Å². The van der Waals surface area contributed by atoms with E-state index in [-0.39, 0.29) is 5.41 Å². The summed E-state index contributed by atoms with van der Waals surface area (Å²) in [5.41, 5.74) is 3.02. The third-order valence-corrected chi connectivity index (χ3v) is 4.73. The van der Waals surface area contributed by atoms with Crippen molar-refractivity contribution in [3.8, 4) is 12.3 Å². The third-order valence-electron chi connectivity index (χ3n) is 3.63. The highest BCUT2D eigenvalue weighted by Crippen LogP contribution is 2.45. The van der Waals surface area contributed by atoms with Crippen molar-refractivity contribution in [2.45, 2.75) is 26.3 Å². The summed E-state index contributed by atoms with van der Waals surface area (Å²) in [5.74, 6) is 4.49. The van der Waals surface area contributed by atoms with E-state index in [9.17, 15) is 0 Å². The average Bonchev–Trinajstić information content (AvgIpc) is 2.60. The summed E-state index contributed by atoms with van der Waals surface area (Å²) in [4.78, 5) is 0. The average molecular weight is 294 g/mol. The summed E-state index contributed by atoms with van der Waals surface area (Å²) < 4.78 is 0. The molecule has 1 aliphatic rings. The summed E-state index contributed by atoms with van der Waals surface area (Å²) in [7, 11) is 0. The molecule has 102 valence electrons. The van der Waals surface area contributed by atoms with Gasteiger partial charge in [-0.25, -0.2) is 0 Å². The van der Waals surface area contributed by atoms with Gasteiger partial charge in [-0.3, -0.25) is 0 Å². The van der Waals surface area contributed by atoms with E-state index in [0.29, 0.717) is 6.04 Å². The Morgan fingerprint density at radius 3 is 3.05 bits per heavy atom. The van der Waals surface area contributed by atoms with E-state index in [1.54, 1.807) is 11.8 Å². The van der Waals surface area contributed by atoms with Gasteiger partial charge < -0.3 is 5.32 Å². The largest absolute Gasteiger partial charge is 0.309 e. The van der Waals surface area contributed by atoms with Gasteiger partial charge in [-0.2, -0.15) is 0 Å². The van der Waals surface area contributed by atoms with Gasteiger partial charge in [0.2, 0.25) is 0 Å². The molecule has 0 amide bonds. The quantitative estimate of drug-likeness (QED) is 0.652. The number of thioether (sulfide) groups is 1. The molecule has 1 nitrogen and oxygen atoms in total. The summed E-state index contributed by atoms with van der Waals surface area (Å²) in [6, 6.07) is 6.64. The molecule has 0 radical (unpaired) electrons. The lowest BCUT2D eigenvalue weighted by molar-refractivity contribution is 0.274. The number of nitrogens with one attached hydrogen (secondary N) is 1. The molecule has 0 saturated heterocycles. The monoisotopic (exact) mass is 293 g/mol. The van der Waals surface area contributed by atoms with Gasteiger partial charge in [-0.1, -0.05) is 37.4 Å². The Kier molecular flexibility index (Phi) is 4.84. The highest BCUT2D eigenvalue weighted by Gasteiger charge is 2.38. The van der Waals surface area contributed by atoms with E-state index >= 15 is 0 Å². The summed E-state index contributed by atoms with van der Waals surface area (Å²) in [6.45, 7) is 5.60. The lowest BCUT2D eigenvalue weighted by Crippen LogP contribution is -2.32. The fraction of sp³-hybridized carbons (Fsp3) is 0.500. The Morgan fingerprint density at radius 1 is 1.53 bits per heavy atom. The fourth-order valence-corrected chi connectivity index (χ4v) is 3.51. The molecule has 1 aromatic rings. The van der Waals surface area contributed by atoms with E-state index in [0.717, 1.165) is 29.5 Å². The first kappa shape index (κ1) is 14.8. The van der Waals surface area contributed by atoms with Crippen LogP contribution in [-0.2, 0) is 6.42 Å². The number of rotatable bonds is 5. The SMILES string of the molecule is C#CCSCCNC1c2cc(Cl)ccc2CC1(C)C. The molecule has 1 aliphatic carbocycles. The van der Waals surface area contributed by atoms with Gasteiger partial charge in [0.1, 0.15) is 0 Å². The number of hydrogen-bond donors (Lipinski definition) is 1. The van der Waals surface area contributed by atoms with Crippen LogP contribution in [0.1, 0.15) is 31.0 Å². The van der Waals surface area contributed by atoms with Crippen LogP contribution in [0, 0.1) is 17.8 Å². The molecule has 1 N–H and O–H groups in total. The Hall–Kier alpha value is -0.620. The summed E-state index contributed by atoms with van der Waals surface area (Å²) in [5, 5.41) is 4.49. The van der Waals surface area contributed by atoms with E-state index in [2.05, 4.69) is 37.2 Å². The molecule has 0 aliphatic heterocycles. The van der Waals surface area contributed by atoms with Crippen LogP contribution in [0.25, 0.3) is 0 Å². The van der Waals surface area contributed by atoms with E-state index in [1.165, 1.54) is 11.1 Å². The lowest BCUT2D eigenvalue weighted by Gasteiger charge is -2.28. The standard InChI is InChI=1S/C16H20ClNS/c1-4-8-19-9-7-18-15-14-10-13(17)6-5-12(14)11-16(15,2)3/h1,5-6,10,15,18H,7-9,11H2,2-3H3. The molecule has 0 heterocycles. The molecule has 0 spiro atoms. The molecule has 1 unspecified atom stereocenters. The van der Waals surface area contributed by atoms with Crippen LogP contribution >= 0.6 is 23.4 Å². The number of hydrogen-bond acceptors (Lipinski definition) is 2. The maximum atomic E-state index is 6.13. The van der Waals surface area contributed by atoms with Gasteiger partial charge in [0.25, 0.3) is 0 Å². The predicted octanol–water partition coefficient (Wildman–Crippen LogP) is 3.92. The minimum Gasteiger partial charge on any atom is -0.309 e. The Morgan fingerprint density at radius 2 is 2.32 bits per heavy atom. The van der Waals surface area contributed by atoms with Crippen LogP contribution in [0.5, 0.6) is 0 Å². The van der Waals surface area contributed by atoms with Crippen molar-refractivity contribution in [1.29, 1.82) is 0 Å². The molecule has 19 heavy (non-hydrogen) atoms. The Labute approximate surface area is 125 Å². The molecule has 0 saturated carbocycles. The van der Waals surface area contributed by atoms with Gasteiger partial charge in [0.05, 0.1) is 5.75 Å². The second kappa shape index (κ2) is 6.22. The van der Waals surface area contributed by atoms with Crippen molar-refractivity contribution in [1.82, 2.24) is 5.32 Å².